The standard InChI is InChI=1S/C23H36N2O2/c1-23(2,27)13-12-19-8-6-9-20(18-19)22(26)25-15-7-14-24(16-17-25)21-10-4-3-5-11-21/h6,8-9,18,21,27H,3-5,7,10-17H2,1-2H3. The zero-order valence-electron chi connectivity index (χ0n) is 17.1. The Kier molecular flexibility index (Phi) is 6.93. The molecule has 0 aromatic heterocycles. The fraction of sp³-hybridized carbons (Fsp3) is 0.696. The van der Waals surface area contributed by atoms with E-state index in [4.69, 9.17) is 0 Å². The zero-order valence-corrected chi connectivity index (χ0v) is 17.1. The van der Waals surface area contributed by atoms with Crippen LogP contribution in [0.4, 0.5) is 0 Å². The third kappa shape index (κ3) is 6.05. The maximum absolute atomic E-state index is 13.0. The minimum Gasteiger partial charge on any atom is -0.390 e. The van der Waals surface area contributed by atoms with E-state index in [1.54, 1.807) is 0 Å². The van der Waals surface area contributed by atoms with E-state index in [-0.39, 0.29) is 5.91 Å². The highest BCUT2D eigenvalue weighted by Crippen LogP contribution is 2.24. The number of rotatable bonds is 5. The number of aryl methyl sites for hydroxylation is 1. The summed E-state index contributed by atoms with van der Waals surface area (Å²) >= 11 is 0. The fourth-order valence-electron chi connectivity index (χ4n) is 4.44. The Labute approximate surface area is 164 Å². The zero-order chi connectivity index (χ0) is 19.3. The summed E-state index contributed by atoms with van der Waals surface area (Å²) in [7, 11) is 0. The van der Waals surface area contributed by atoms with Gasteiger partial charge in [0.05, 0.1) is 5.60 Å². The molecule has 0 radical (unpaired) electrons. The fourth-order valence-corrected chi connectivity index (χ4v) is 4.44. The summed E-state index contributed by atoms with van der Waals surface area (Å²) in [6.07, 6.45) is 9.33. The maximum Gasteiger partial charge on any atom is 0.253 e. The van der Waals surface area contributed by atoms with Crippen molar-refractivity contribution in [2.45, 2.75) is 76.9 Å². The molecule has 1 saturated heterocycles. The highest BCUT2D eigenvalue weighted by molar-refractivity contribution is 5.94. The number of hydrogen-bond acceptors (Lipinski definition) is 3. The average Bonchev–Trinajstić information content (AvgIpc) is 2.92. The van der Waals surface area contributed by atoms with E-state index in [0.29, 0.717) is 6.42 Å². The Hall–Kier alpha value is -1.39. The van der Waals surface area contributed by atoms with Gasteiger partial charge in [-0.25, -0.2) is 0 Å². The van der Waals surface area contributed by atoms with Gasteiger partial charge in [0.15, 0.2) is 0 Å². The van der Waals surface area contributed by atoms with Crippen LogP contribution in [0.2, 0.25) is 0 Å². The summed E-state index contributed by atoms with van der Waals surface area (Å²) in [6.45, 7) is 7.49. The van der Waals surface area contributed by atoms with Crippen molar-refractivity contribution in [3.63, 3.8) is 0 Å². The number of carbonyl (C=O) groups excluding carboxylic acids is 1. The highest BCUT2D eigenvalue weighted by atomic mass is 16.3. The lowest BCUT2D eigenvalue weighted by atomic mass is 9.94. The minimum atomic E-state index is -0.673. The van der Waals surface area contributed by atoms with E-state index < -0.39 is 5.60 Å². The van der Waals surface area contributed by atoms with Gasteiger partial charge in [0.25, 0.3) is 5.91 Å². The summed E-state index contributed by atoms with van der Waals surface area (Å²) in [5.74, 6) is 0.158. The number of amides is 1. The van der Waals surface area contributed by atoms with Crippen LogP contribution in [0.3, 0.4) is 0 Å². The molecule has 1 amide bonds. The van der Waals surface area contributed by atoms with Gasteiger partial charge in [-0.2, -0.15) is 0 Å². The lowest BCUT2D eigenvalue weighted by Gasteiger charge is -2.33. The van der Waals surface area contributed by atoms with Crippen molar-refractivity contribution in [3.05, 3.63) is 35.4 Å². The molecular weight excluding hydrogens is 336 g/mol. The molecule has 4 nitrogen and oxygen atoms in total. The first-order chi connectivity index (χ1) is 12.9. The Bertz CT molecular complexity index is 617. The van der Waals surface area contributed by atoms with Crippen LogP contribution >= 0.6 is 0 Å². The van der Waals surface area contributed by atoms with Crippen molar-refractivity contribution < 1.29 is 9.90 Å². The lowest BCUT2D eigenvalue weighted by Crippen LogP contribution is -2.40. The van der Waals surface area contributed by atoms with Crippen molar-refractivity contribution in [2.75, 3.05) is 26.2 Å². The molecular formula is C23H36N2O2. The molecule has 2 aliphatic rings. The molecule has 27 heavy (non-hydrogen) atoms. The van der Waals surface area contributed by atoms with Gasteiger partial charge in [-0.1, -0.05) is 31.4 Å². The van der Waals surface area contributed by atoms with E-state index in [1.165, 1.54) is 32.1 Å². The number of aliphatic hydroxyl groups is 1. The van der Waals surface area contributed by atoms with Crippen LogP contribution in [-0.4, -0.2) is 58.6 Å². The molecule has 0 bridgehead atoms. The molecule has 4 heteroatoms. The Morgan fingerprint density at radius 3 is 2.59 bits per heavy atom. The lowest BCUT2D eigenvalue weighted by molar-refractivity contribution is 0.0714. The SMILES string of the molecule is CC(C)(O)CCc1cccc(C(=O)N2CCCN(C3CCCCC3)CC2)c1. The first-order valence-corrected chi connectivity index (χ1v) is 10.8. The van der Waals surface area contributed by atoms with Gasteiger partial charge in [0.2, 0.25) is 0 Å². The number of nitrogens with zero attached hydrogens (tertiary/aromatic N) is 2. The van der Waals surface area contributed by atoms with E-state index in [2.05, 4.69) is 11.0 Å². The molecule has 1 aliphatic heterocycles. The van der Waals surface area contributed by atoms with Crippen LogP contribution in [0.25, 0.3) is 0 Å². The first kappa shape index (κ1) is 20.3. The molecule has 1 aromatic rings. The van der Waals surface area contributed by atoms with Gasteiger partial charge in [0, 0.05) is 37.8 Å². The van der Waals surface area contributed by atoms with Crippen molar-refractivity contribution in [1.29, 1.82) is 0 Å². The van der Waals surface area contributed by atoms with Crippen molar-refractivity contribution >= 4 is 5.91 Å². The number of benzene rings is 1. The van der Waals surface area contributed by atoms with Crippen molar-refractivity contribution in [1.82, 2.24) is 9.80 Å². The molecule has 0 spiro atoms. The maximum atomic E-state index is 13.0. The molecule has 1 heterocycles. The van der Waals surface area contributed by atoms with Gasteiger partial charge in [0.1, 0.15) is 0 Å². The predicted octanol–water partition coefficient (Wildman–Crippen LogP) is 3.87. The summed E-state index contributed by atoms with van der Waals surface area (Å²) in [6, 6.07) is 8.70. The van der Waals surface area contributed by atoms with Crippen LogP contribution in [-0.2, 0) is 6.42 Å². The third-order valence-electron chi connectivity index (χ3n) is 6.11. The minimum absolute atomic E-state index is 0.158. The molecule has 1 aliphatic carbocycles. The Morgan fingerprint density at radius 2 is 1.85 bits per heavy atom. The summed E-state index contributed by atoms with van der Waals surface area (Å²) in [5.41, 5.74) is 1.24. The first-order valence-electron chi connectivity index (χ1n) is 10.8. The molecule has 150 valence electrons. The number of carbonyl (C=O) groups is 1. The van der Waals surface area contributed by atoms with E-state index in [9.17, 15) is 9.90 Å². The Morgan fingerprint density at radius 1 is 1.07 bits per heavy atom. The van der Waals surface area contributed by atoms with Crippen LogP contribution < -0.4 is 0 Å². The van der Waals surface area contributed by atoms with Gasteiger partial charge in [-0.3, -0.25) is 9.69 Å². The third-order valence-corrected chi connectivity index (χ3v) is 6.11. The second-order valence-electron chi connectivity index (χ2n) is 8.99. The van der Waals surface area contributed by atoms with Crippen LogP contribution in [0.1, 0.15) is 74.7 Å². The summed E-state index contributed by atoms with van der Waals surface area (Å²) < 4.78 is 0. The van der Waals surface area contributed by atoms with Gasteiger partial charge < -0.3 is 10.0 Å². The molecule has 2 fully saturated rings. The van der Waals surface area contributed by atoms with E-state index in [0.717, 1.165) is 56.2 Å². The van der Waals surface area contributed by atoms with Gasteiger partial charge in [-0.05, 0) is 63.6 Å². The summed E-state index contributed by atoms with van der Waals surface area (Å²) in [5, 5.41) is 9.95. The number of hydrogen-bond donors (Lipinski definition) is 1. The van der Waals surface area contributed by atoms with Crippen LogP contribution in [0.15, 0.2) is 24.3 Å². The molecule has 1 N–H and O–H groups in total. The smallest absolute Gasteiger partial charge is 0.253 e. The molecule has 3 rings (SSSR count). The molecule has 0 atom stereocenters. The van der Waals surface area contributed by atoms with Crippen molar-refractivity contribution in [3.8, 4) is 0 Å². The van der Waals surface area contributed by atoms with Gasteiger partial charge in [-0.15, -0.1) is 0 Å². The highest BCUT2D eigenvalue weighted by Gasteiger charge is 2.25. The van der Waals surface area contributed by atoms with Crippen LogP contribution in [0, 0.1) is 0 Å². The quantitative estimate of drug-likeness (QED) is 0.853. The predicted molar refractivity (Wildman–Crippen MR) is 110 cm³/mol. The van der Waals surface area contributed by atoms with Gasteiger partial charge >= 0.3 is 0 Å². The van der Waals surface area contributed by atoms with Crippen molar-refractivity contribution in [2.24, 2.45) is 0 Å². The normalized spacial score (nSPS) is 20.5. The second-order valence-corrected chi connectivity index (χ2v) is 8.99. The summed E-state index contributed by atoms with van der Waals surface area (Å²) in [4.78, 5) is 17.7. The largest absolute Gasteiger partial charge is 0.390 e. The molecule has 0 unspecified atom stereocenters. The molecule has 1 saturated carbocycles. The monoisotopic (exact) mass is 372 g/mol. The second kappa shape index (κ2) is 9.20. The van der Waals surface area contributed by atoms with E-state index >= 15 is 0 Å². The molecule has 1 aromatic carbocycles. The average molecular weight is 373 g/mol. The van der Waals surface area contributed by atoms with Crippen LogP contribution in [0.5, 0.6) is 0 Å². The van der Waals surface area contributed by atoms with E-state index in [1.807, 2.05) is 36.9 Å². The topological polar surface area (TPSA) is 43.8 Å². The Balaban J connectivity index is 1.58.